The van der Waals surface area contributed by atoms with Crippen LogP contribution >= 0.6 is 0 Å². The Hall–Kier alpha value is -1.16. The second-order valence-electron chi connectivity index (χ2n) is 3.86. The number of nitrogens with one attached hydrogen (secondary N) is 1. The first-order chi connectivity index (χ1) is 8.25. The number of halogens is 2. The van der Waals surface area contributed by atoms with Gasteiger partial charge < -0.3 is 10.1 Å². The summed E-state index contributed by atoms with van der Waals surface area (Å²) in [5, 5.41) is 3.26. The van der Waals surface area contributed by atoms with Gasteiger partial charge in [0, 0.05) is 0 Å². The van der Waals surface area contributed by atoms with Crippen molar-refractivity contribution in [1.82, 2.24) is 5.32 Å². The summed E-state index contributed by atoms with van der Waals surface area (Å²) in [7, 11) is 0. The summed E-state index contributed by atoms with van der Waals surface area (Å²) in [6.45, 7) is 4.47. The van der Waals surface area contributed by atoms with Gasteiger partial charge in [-0.1, -0.05) is 13.0 Å². The van der Waals surface area contributed by atoms with Crippen LogP contribution in [0.5, 0.6) is 5.75 Å². The van der Waals surface area contributed by atoms with Crippen molar-refractivity contribution in [3.8, 4) is 5.75 Å². The fourth-order valence-corrected chi connectivity index (χ4v) is 1.43. The molecule has 1 rings (SSSR count). The zero-order valence-corrected chi connectivity index (χ0v) is 10.1. The highest BCUT2D eigenvalue weighted by Gasteiger charge is 2.07. The van der Waals surface area contributed by atoms with Gasteiger partial charge in [-0.05, 0) is 44.5 Å². The molecule has 4 heteroatoms. The summed E-state index contributed by atoms with van der Waals surface area (Å²) >= 11 is 0. The van der Waals surface area contributed by atoms with Crippen LogP contribution in [-0.2, 0) is 0 Å². The van der Waals surface area contributed by atoms with Crippen LogP contribution in [-0.4, -0.2) is 19.7 Å². The van der Waals surface area contributed by atoms with Gasteiger partial charge in [-0.15, -0.1) is 0 Å². The standard InChI is InChI=1S/C13H19F2NO/c1-2-8-16-9-3-4-10-17-12-7-5-6-11(14)13(12)15/h5-7,16H,2-4,8-10H2,1H3. The molecule has 0 radical (unpaired) electrons. The number of unbranched alkanes of at least 4 members (excludes halogenated alkanes) is 1. The van der Waals surface area contributed by atoms with Crippen LogP contribution in [0.3, 0.4) is 0 Å². The molecule has 0 bridgehead atoms. The molecular weight excluding hydrogens is 224 g/mol. The first kappa shape index (κ1) is 13.9. The smallest absolute Gasteiger partial charge is 0.200 e. The van der Waals surface area contributed by atoms with E-state index in [1.165, 1.54) is 12.1 Å². The number of ether oxygens (including phenoxy) is 1. The predicted octanol–water partition coefficient (Wildman–Crippen LogP) is 3.12. The van der Waals surface area contributed by atoms with Gasteiger partial charge in [0.25, 0.3) is 0 Å². The highest BCUT2D eigenvalue weighted by molar-refractivity contribution is 5.24. The maximum atomic E-state index is 13.2. The lowest BCUT2D eigenvalue weighted by atomic mass is 10.3. The fourth-order valence-electron chi connectivity index (χ4n) is 1.43. The van der Waals surface area contributed by atoms with Crippen LogP contribution in [0.1, 0.15) is 26.2 Å². The molecule has 0 unspecified atom stereocenters. The molecule has 0 aliphatic carbocycles. The van der Waals surface area contributed by atoms with E-state index in [0.717, 1.165) is 38.4 Å². The minimum Gasteiger partial charge on any atom is -0.490 e. The highest BCUT2D eigenvalue weighted by Crippen LogP contribution is 2.19. The van der Waals surface area contributed by atoms with E-state index in [9.17, 15) is 8.78 Å². The van der Waals surface area contributed by atoms with E-state index in [2.05, 4.69) is 12.2 Å². The molecule has 1 aromatic carbocycles. The Bertz CT molecular complexity index is 331. The third-order valence-corrected chi connectivity index (χ3v) is 2.35. The molecule has 2 nitrogen and oxygen atoms in total. The predicted molar refractivity (Wildman–Crippen MR) is 64.2 cm³/mol. The molecule has 0 spiro atoms. The Morgan fingerprint density at radius 1 is 1.18 bits per heavy atom. The van der Waals surface area contributed by atoms with Gasteiger partial charge in [-0.2, -0.15) is 4.39 Å². The number of hydrogen-bond acceptors (Lipinski definition) is 2. The van der Waals surface area contributed by atoms with E-state index in [1.54, 1.807) is 0 Å². The minimum absolute atomic E-state index is 0.00785. The molecule has 0 atom stereocenters. The average Bonchev–Trinajstić information content (AvgIpc) is 2.33. The summed E-state index contributed by atoms with van der Waals surface area (Å²) in [6.07, 6.45) is 2.91. The lowest BCUT2D eigenvalue weighted by Gasteiger charge is -2.07. The van der Waals surface area contributed by atoms with E-state index in [4.69, 9.17) is 4.74 Å². The summed E-state index contributed by atoms with van der Waals surface area (Å²) in [5.41, 5.74) is 0. The summed E-state index contributed by atoms with van der Waals surface area (Å²) < 4.78 is 31.2. The average molecular weight is 243 g/mol. The molecule has 0 saturated heterocycles. The molecule has 0 saturated carbocycles. The molecule has 96 valence electrons. The summed E-state index contributed by atoms with van der Waals surface area (Å²) in [4.78, 5) is 0. The van der Waals surface area contributed by atoms with Gasteiger partial charge in [-0.25, -0.2) is 4.39 Å². The van der Waals surface area contributed by atoms with Crippen molar-refractivity contribution in [3.63, 3.8) is 0 Å². The molecule has 0 heterocycles. The zero-order chi connectivity index (χ0) is 12.5. The minimum atomic E-state index is -0.906. The van der Waals surface area contributed by atoms with Crippen molar-refractivity contribution in [3.05, 3.63) is 29.8 Å². The van der Waals surface area contributed by atoms with Gasteiger partial charge in [0.05, 0.1) is 6.61 Å². The Kier molecular flexibility index (Phi) is 6.55. The van der Waals surface area contributed by atoms with E-state index in [-0.39, 0.29) is 5.75 Å². The fraction of sp³-hybridized carbons (Fsp3) is 0.538. The molecule has 0 aliphatic heterocycles. The van der Waals surface area contributed by atoms with Crippen molar-refractivity contribution in [2.45, 2.75) is 26.2 Å². The van der Waals surface area contributed by atoms with Crippen molar-refractivity contribution < 1.29 is 13.5 Å². The number of rotatable bonds is 8. The maximum Gasteiger partial charge on any atom is 0.200 e. The van der Waals surface area contributed by atoms with Gasteiger partial charge in [0.1, 0.15) is 0 Å². The van der Waals surface area contributed by atoms with Crippen LogP contribution in [0.4, 0.5) is 8.78 Å². The van der Waals surface area contributed by atoms with Crippen LogP contribution in [0, 0.1) is 11.6 Å². The maximum absolute atomic E-state index is 13.2. The van der Waals surface area contributed by atoms with E-state index in [0.29, 0.717) is 6.61 Å². The topological polar surface area (TPSA) is 21.3 Å². The molecule has 0 aliphatic rings. The van der Waals surface area contributed by atoms with Gasteiger partial charge in [0.2, 0.25) is 5.82 Å². The highest BCUT2D eigenvalue weighted by atomic mass is 19.2. The molecule has 17 heavy (non-hydrogen) atoms. The molecule has 1 N–H and O–H groups in total. The molecule has 0 fully saturated rings. The van der Waals surface area contributed by atoms with Crippen molar-refractivity contribution >= 4 is 0 Å². The monoisotopic (exact) mass is 243 g/mol. The summed E-state index contributed by atoms with van der Waals surface area (Å²) in [5.74, 6) is -1.78. The third-order valence-electron chi connectivity index (χ3n) is 2.35. The number of benzene rings is 1. The Morgan fingerprint density at radius 2 is 2.00 bits per heavy atom. The normalized spacial score (nSPS) is 10.5. The van der Waals surface area contributed by atoms with E-state index < -0.39 is 11.6 Å². The Labute approximate surface area is 101 Å². The second kappa shape index (κ2) is 8.01. The van der Waals surface area contributed by atoms with Crippen LogP contribution in [0.2, 0.25) is 0 Å². The van der Waals surface area contributed by atoms with Crippen LogP contribution in [0.15, 0.2) is 18.2 Å². The first-order valence-electron chi connectivity index (χ1n) is 6.03. The van der Waals surface area contributed by atoms with E-state index in [1.807, 2.05) is 0 Å². The second-order valence-corrected chi connectivity index (χ2v) is 3.86. The molecule has 0 aromatic heterocycles. The van der Waals surface area contributed by atoms with Crippen LogP contribution in [0.25, 0.3) is 0 Å². The van der Waals surface area contributed by atoms with Gasteiger partial charge in [-0.3, -0.25) is 0 Å². The lowest BCUT2D eigenvalue weighted by Crippen LogP contribution is -2.16. The van der Waals surface area contributed by atoms with Gasteiger partial charge in [0.15, 0.2) is 11.6 Å². The molecule has 0 amide bonds. The Morgan fingerprint density at radius 3 is 2.76 bits per heavy atom. The van der Waals surface area contributed by atoms with Crippen LogP contribution < -0.4 is 10.1 Å². The van der Waals surface area contributed by atoms with Crippen molar-refractivity contribution in [1.29, 1.82) is 0 Å². The molecular formula is C13H19F2NO. The van der Waals surface area contributed by atoms with E-state index >= 15 is 0 Å². The SMILES string of the molecule is CCCNCCCCOc1cccc(F)c1F. The largest absolute Gasteiger partial charge is 0.490 e. The van der Waals surface area contributed by atoms with Crippen molar-refractivity contribution in [2.75, 3.05) is 19.7 Å². The Balaban J connectivity index is 2.16. The summed E-state index contributed by atoms with van der Waals surface area (Å²) in [6, 6.07) is 3.96. The first-order valence-corrected chi connectivity index (χ1v) is 6.03. The number of hydrogen-bond donors (Lipinski definition) is 1. The quantitative estimate of drug-likeness (QED) is 0.708. The zero-order valence-electron chi connectivity index (χ0n) is 10.1. The lowest BCUT2D eigenvalue weighted by molar-refractivity contribution is 0.286. The molecule has 1 aromatic rings. The third kappa shape index (κ3) is 5.13. The van der Waals surface area contributed by atoms with Gasteiger partial charge >= 0.3 is 0 Å². The van der Waals surface area contributed by atoms with Crippen molar-refractivity contribution in [2.24, 2.45) is 0 Å².